The molecule has 3 rings (SSSR count). The second kappa shape index (κ2) is 5.59. The third-order valence-corrected chi connectivity index (χ3v) is 6.54. The molecule has 0 spiro atoms. The van der Waals surface area contributed by atoms with Crippen LogP contribution in [0.3, 0.4) is 0 Å². The molecule has 2 atom stereocenters. The van der Waals surface area contributed by atoms with Gasteiger partial charge in [0.2, 0.25) is 5.91 Å². The van der Waals surface area contributed by atoms with E-state index >= 15 is 0 Å². The van der Waals surface area contributed by atoms with E-state index in [0.717, 1.165) is 25.8 Å². The lowest BCUT2D eigenvalue weighted by atomic mass is 9.93. The smallest absolute Gasteiger partial charge is 0.282 e. The molecular formula is C12H22N4O3S. The molecule has 0 aromatic carbocycles. The van der Waals surface area contributed by atoms with Crippen LogP contribution in [0.25, 0.3) is 0 Å². The maximum absolute atomic E-state index is 12.8. The minimum atomic E-state index is -3.45. The van der Waals surface area contributed by atoms with Crippen LogP contribution in [0.15, 0.2) is 0 Å². The Balaban J connectivity index is 1.80. The van der Waals surface area contributed by atoms with E-state index in [1.165, 1.54) is 0 Å². The van der Waals surface area contributed by atoms with E-state index in [4.69, 9.17) is 0 Å². The highest BCUT2D eigenvalue weighted by molar-refractivity contribution is 7.86. The number of carbonyl (C=O) groups is 1. The van der Waals surface area contributed by atoms with Crippen LogP contribution < -0.4 is 10.6 Å². The molecule has 0 aromatic rings. The SMILES string of the molecule is O=C1NCC2C1CCCN2S(=O)(=O)N1CCCNCC1. The van der Waals surface area contributed by atoms with Crippen molar-refractivity contribution >= 4 is 16.1 Å². The zero-order valence-corrected chi connectivity index (χ0v) is 12.4. The Bertz CT molecular complexity index is 473. The lowest BCUT2D eigenvalue weighted by molar-refractivity contribution is -0.123. The van der Waals surface area contributed by atoms with Gasteiger partial charge in [-0.25, -0.2) is 0 Å². The Morgan fingerprint density at radius 1 is 1.10 bits per heavy atom. The van der Waals surface area contributed by atoms with E-state index in [9.17, 15) is 13.2 Å². The Labute approximate surface area is 119 Å². The minimum Gasteiger partial charge on any atom is -0.354 e. The first kappa shape index (κ1) is 14.2. The highest BCUT2D eigenvalue weighted by Crippen LogP contribution is 2.30. The summed E-state index contributed by atoms with van der Waals surface area (Å²) in [6.45, 7) is 3.61. The summed E-state index contributed by atoms with van der Waals surface area (Å²) in [7, 11) is -3.45. The summed E-state index contributed by atoms with van der Waals surface area (Å²) >= 11 is 0. The van der Waals surface area contributed by atoms with Crippen molar-refractivity contribution in [1.29, 1.82) is 0 Å². The molecule has 7 nitrogen and oxygen atoms in total. The summed E-state index contributed by atoms with van der Waals surface area (Å²) < 4.78 is 28.8. The summed E-state index contributed by atoms with van der Waals surface area (Å²) in [6.07, 6.45) is 2.39. The van der Waals surface area contributed by atoms with Crippen molar-refractivity contribution in [2.45, 2.75) is 25.3 Å². The fraction of sp³-hybridized carbons (Fsp3) is 0.917. The van der Waals surface area contributed by atoms with Crippen molar-refractivity contribution in [1.82, 2.24) is 19.2 Å². The Morgan fingerprint density at radius 3 is 2.80 bits per heavy atom. The lowest BCUT2D eigenvalue weighted by Crippen LogP contribution is -2.54. The van der Waals surface area contributed by atoms with Crippen LogP contribution in [0.4, 0.5) is 0 Å². The van der Waals surface area contributed by atoms with Gasteiger partial charge in [0.25, 0.3) is 10.2 Å². The number of hydrogen-bond acceptors (Lipinski definition) is 4. The van der Waals surface area contributed by atoms with E-state index in [-0.39, 0.29) is 17.9 Å². The highest BCUT2D eigenvalue weighted by atomic mass is 32.2. The highest BCUT2D eigenvalue weighted by Gasteiger charge is 2.46. The van der Waals surface area contributed by atoms with Gasteiger partial charge >= 0.3 is 0 Å². The topological polar surface area (TPSA) is 81.8 Å². The maximum Gasteiger partial charge on any atom is 0.282 e. The molecule has 2 unspecified atom stereocenters. The van der Waals surface area contributed by atoms with E-state index in [1.54, 1.807) is 8.61 Å². The predicted molar refractivity (Wildman–Crippen MR) is 74.2 cm³/mol. The second-order valence-electron chi connectivity index (χ2n) is 5.68. The van der Waals surface area contributed by atoms with E-state index < -0.39 is 10.2 Å². The fourth-order valence-electron chi connectivity index (χ4n) is 3.40. The number of hydrogen-bond donors (Lipinski definition) is 2. The summed E-state index contributed by atoms with van der Waals surface area (Å²) in [5.74, 6) is -0.156. The molecular weight excluding hydrogens is 280 g/mol. The number of amides is 1. The Hall–Kier alpha value is -0.700. The molecule has 3 heterocycles. The summed E-state index contributed by atoms with van der Waals surface area (Å²) in [4.78, 5) is 11.8. The predicted octanol–water partition coefficient (Wildman–Crippen LogP) is -1.26. The van der Waals surface area contributed by atoms with Crippen molar-refractivity contribution in [3.8, 4) is 0 Å². The summed E-state index contributed by atoms with van der Waals surface area (Å²) in [5.41, 5.74) is 0. The van der Waals surface area contributed by atoms with Gasteiger partial charge in [0, 0.05) is 32.7 Å². The van der Waals surface area contributed by atoms with Crippen LogP contribution >= 0.6 is 0 Å². The van der Waals surface area contributed by atoms with Gasteiger partial charge in [-0.3, -0.25) is 4.79 Å². The van der Waals surface area contributed by atoms with Gasteiger partial charge in [-0.1, -0.05) is 0 Å². The van der Waals surface area contributed by atoms with Gasteiger partial charge in [-0.05, 0) is 25.8 Å². The van der Waals surface area contributed by atoms with Crippen LogP contribution in [0, 0.1) is 5.92 Å². The third-order valence-electron chi connectivity index (χ3n) is 4.47. The number of nitrogens with zero attached hydrogens (tertiary/aromatic N) is 2. The van der Waals surface area contributed by atoms with Gasteiger partial charge in [0.1, 0.15) is 0 Å². The standard InChI is InChI=1S/C12H22N4O3S/c17-12-10-3-1-7-16(11(10)9-14-12)20(18,19)15-6-2-4-13-5-8-15/h10-11,13H,1-9H2,(H,14,17). The Kier molecular flexibility index (Phi) is 3.98. The molecule has 0 aromatic heterocycles. The van der Waals surface area contributed by atoms with Crippen molar-refractivity contribution < 1.29 is 13.2 Å². The average molecular weight is 302 g/mol. The molecule has 3 aliphatic rings. The van der Waals surface area contributed by atoms with Crippen LogP contribution in [0.1, 0.15) is 19.3 Å². The van der Waals surface area contributed by atoms with Gasteiger partial charge in [0.05, 0.1) is 12.0 Å². The molecule has 3 fully saturated rings. The third kappa shape index (κ3) is 2.45. The molecule has 2 N–H and O–H groups in total. The number of carbonyl (C=O) groups excluding carboxylic acids is 1. The van der Waals surface area contributed by atoms with Crippen LogP contribution in [0.5, 0.6) is 0 Å². The van der Waals surface area contributed by atoms with Crippen molar-refractivity contribution in [2.24, 2.45) is 5.92 Å². The number of rotatable bonds is 2. The maximum atomic E-state index is 12.8. The number of fused-ring (bicyclic) bond motifs is 1. The number of piperidine rings is 1. The first-order chi connectivity index (χ1) is 9.60. The second-order valence-corrected chi connectivity index (χ2v) is 7.56. The Morgan fingerprint density at radius 2 is 1.95 bits per heavy atom. The van der Waals surface area contributed by atoms with Crippen LogP contribution in [0.2, 0.25) is 0 Å². The molecule has 0 radical (unpaired) electrons. The van der Waals surface area contributed by atoms with Gasteiger partial charge in [0.15, 0.2) is 0 Å². The molecule has 0 aliphatic carbocycles. The lowest BCUT2D eigenvalue weighted by Gasteiger charge is -2.37. The molecule has 20 heavy (non-hydrogen) atoms. The zero-order chi connectivity index (χ0) is 14.2. The average Bonchev–Trinajstić information content (AvgIpc) is 2.68. The zero-order valence-electron chi connectivity index (χ0n) is 11.5. The van der Waals surface area contributed by atoms with E-state index in [0.29, 0.717) is 32.7 Å². The van der Waals surface area contributed by atoms with Gasteiger partial charge in [-0.2, -0.15) is 17.0 Å². The molecule has 3 aliphatic heterocycles. The van der Waals surface area contributed by atoms with E-state index in [1.807, 2.05) is 0 Å². The molecule has 0 bridgehead atoms. The monoisotopic (exact) mass is 302 g/mol. The van der Waals surface area contributed by atoms with Crippen molar-refractivity contribution in [2.75, 3.05) is 39.3 Å². The molecule has 3 saturated heterocycles. The summed E-state index contributed by atoms with van der Waals surface area (Å²) in [5, 5.41) is 6.02. The summed E-state index contributed by atoms with van der Waals surface area (Å²) in [6, 6.07) is -0.197. The minimum absolute atomic E-state index is 0.00688. The quantitative estimate of drug-likeness (QED) is 0.667. The molecule has 8 heteroatoms. The molecule has 1 amide bonds. The molecule has 114 valence electrons. The fourth-order valence-corrected chi connectivity index (χ4v) is 5.30. The van der Waals surface area contributed by atoms with Crippen LogP contribution in [-0.2, 0) is 15.0 Å². The first-order valence-electron chi connectivity index (χ1n) is 7.36. The number of nitrogens with one attached hydrogen (secondary N) is 2. The van der Waals surface area contributed by atoms with Crippen LogP contribution in [-0.4, -0.2) is 68.2 Å². The van der Waals surface area contributed by atoms with Crippen molar-refractivity contribution in [3.63, 3.8) is 0 Å². The van der Waals surface area contributed by atoms with Gasteiger partial charge < -0.3 is 10.6 Å². The first-order valence-corrected chi connectivity index (χ1v) is 8.76. The van der Waals surface area contributed by atoms with Gasteiger partial charge in [-0.15, -0.1) is 0 Å². The largest absolute Gasteiger partial charge is 0.354 e. The molecule has 0 saturated carbocycles. The van der Waals surface area contributed by atoms with Crippen molar-refractivity contribution in [3.05, 3.63) is 0 Å². The normalized spacial score (nSPS) is 33.5. The van der Waals surface area contributed by atoms with E-state index in [2.05, 4.69) is 10.6 Å².